The lowest BCUT2D eigenvalue weighted by molar-refractivity contribution is 0.128. The van der Waals surface area contributed by atoms with Gasteiger partial charge in [-0.2, -0.15) is 0 Å². The summed E-state index contributed by atoms with van der Waals surface area (Å²) >= 11 is 0. The molecule has 0 amide bonds. The third kappa shape index (κ3) is 2.20. The van der Waals surface area contributed by atoms with Gasteiger partial charge in [0.1, 0.15) is 17.3 Å². The van der Waals surface area contributed by atoms with Crippen LogP contribution in [0.15, 0.2) is 12.3 Å². The van der Waals surface area contributed by atoms with E-state index in [1.807, 2.05) is 13.1 Å². The lowest BCUT2D eigenvalue weighted by Gasteiger charge is -2.38. The molecule has 5 nitrogen and oxygen atoms in total. The second kappa shape index (κ2) is 4.70. The maximum absolute atomic E-state index is 4.73. The Morgan fingerprint density at radius 2 is 2.10 bits per heavy atom. The highest BCUT2D eigenvalue weighted by Crippen LogP contribution is 2.41. The molecule has 0 radical (unpaired) electrons. The fourth-order valence-electron chi connectivity index (χ4n) is 4.18. The second-order valence-corrected chi connectivity index (χ2v) is 6.85. The summed E-state index contributed by atoms with van der Waals surface area (Å²) in [6.07, 6.45) is 5.93. The molecule has 1 N–H and O–H groups in total. The van der Waals surface area contributed by atoms with Crippen LogP contribution in [-0.4, -0.2) is 53.1 Å². The SMILES string of the molecule is Cc1nc(N2CCC3(CCCN(C)C3)C2)c2cc[nH]c2n1. The first kappa shape index (κ1) is 13.1. The van der Waals surface area contributed by atoms with Gasteiger partial charge in [0.15, 0.2) is 0 Å². The molecule has 4 heterocycles. The fourth-order valence-corrected chi connectivity index (χ4v) is 4.18. The van der Waals surface area contributed by atoms with Crippen molar-refractivity contribution in [2.24, 2.45) is 5.41 Å². The molecule has 4 rings (SSSR count). The number of nitrogens with one attached hydrogen (secondary N) is 1. The van der Waals surface area contributed by atoms with Gasteiger partial charge in [0, 0.05) is 31.2 Å². The van der Waals surface area contributed by atoms with Crippen molar-refractivity contribution in [1.29, 1.82) is 0 Å². The lowest BCUT2D eigenvalue weighted by atomic mass is 9.79. The number of hydrogen-bond donors (Lipinski definition) is 1. The maximum Gasteiger partial charge on any atom is 0.143 e. The van der Waals surface area contributed by atoms with Gasteiger partial charge in [0.25, 0.3) is 0 Å². The van der Waals surface area contributed by atoms with Crippen LogP contribution in [0.3, 0.4) is 0 Å². The fraction of sp³-hybridized carbons (Fsp3) is 0.625. The molecule has 2 aliphatic heterocycles. The molecule has 2 aromatic heterocycles. The molecule has 0 aliphatic carbocycles. The van der Waals surface area contributed by atoms with Crippen LogP contribution in [0.1, 0.15) is 25.1 Å². The molecule has 2 saturated heterocycles. The summed E-state index contributed by atoms with van der Waals surface area (Å²) in [7, 11) is 2.25. The molecule has 2 aromatic rings. The van der Waals surface area contributed by atoms with Crippen molar-refractivity contribution in [1.82, 2.24) is 19.9 Å². The van der Waals surface area contributed by atoms with Gasteiger partial charge in [-0.1, -0.05) is 0 Å². The van der Waals surface area contributed by atoms with Crippen molar-refractivity contribution in [2.75, 3.05) is 38.1 Å². The zero-order valence-electron chi connectivity index (χ0n) is 12.9. The predicted molar refractivity (Wildman–Crippen MR) is 84.6 cm³/mol. The van der Waals surface area contributed by atoms with E-state index in [4.69, 9.17) is 4.98 Å². The number of hydrogen-bond acceptors (Lipinski definition) is 4. The number of rotatable bonds is 1. The minimum absolute atomic E-state index is 0.467. The number of nitrogens with zero attached hydrogens (tertiary/aromatic N) is 4. The maximum atomic E-state index is 4.73. The van der Waals surface area contributed by atoms with Gasteiger partial charge in [0.2, 0.25) is 0 Å². The third-order valence-corrected chi connectivity index (χ3v) is 5.10. The number of aromatic amines is 1. The first-order chi connectivity index (χ1) is 10.2. The molecular formula is C16H23N5. The first-order valence-corrected chi connectivity index (χ1v) is 7.91. The van der Waals surface area contributed by atoms with Crippen LogP contribution in [0.25, 0.3) is 11.0 Å². The molecule has 5 heteroatoms. The van der Waals surface area contributed by atoms with Crippen LogP contribution < -0.4 is 4.90 Å². The van der Waals surface area contributed by atoms with E-state index >= 15 is 0 Å². The van der Waals surface area contributed by atoms with Gasteiger partial charge in [-0.3, -0.25) is 0 Å². The van der Waals surface area contributed by atoms with Crippen molar-refractivity contribution >= 4 is 16.9 Å². The first-order valence-electron chi connectivity index (χ1n) is 7.91. The van der Waals surface area contributed by atoms with Crippen molar-refractivity contribution < 1.29 is 0 Å². The normalized spacial score (nSPS) is 27.0. The Morgan fingerprint density at radius 3 is 2.95 bits per heavy atom. The standard InChI is InChI=1S/C16H23N5/c1-12-18-14-13(4-7-17-14)15(19-12)21-9-6-16(11-21)5-3-8-20(2)10-16/h4,7H,3,5-6,8-11H2,1-2H3,(H,17,18,19). The lowest BCUT2D eigenvalue weighted by Crippen LogP contribution is -2.43. The van der Waals surface area contributed by atoms with E-state index in [0.29, 0.717) is 5.41 Å². The zero-order valence-corrected chi connectivity index (χ0v) is 12.9. The minimum atomic E-state index is 0.467. The van der Waals surface area contributed by atoms with Crippen LogP contribution in [0.2, 0.25) is 0 Å². The van der Waals surface area contributed by atoms with Crippen LogP contribution in [-0.2, 0) is 0 Å². The van der Waals surface area contributed by atoms with Crippen LogP contribution in [0, 0.1) is 12.3 Å². The van der Waals surface area contributed by atoms with Crippen molar-refractivity contribution in [3.63, 3.8) is 0 Å². The summed E-state index contributed by atoms with van der Waals surface area (Å²) in [6, 6.07) is 2.10. The molecule has 0 saturated carbocycles. The second-order valence-electron chi connectivity index (χ2n) is 6.85. The van der Waals surface area contributed by atoms with Gasteiger partial charge in [-0.25, -0.2) is 9.97 Å². The Morgan fingerprint density at radius 1 is 1.19 bits per heavy atom. The number of piperidine rings is 1. The molecule has 2 aliphatic rings. The van der Waals surface area contributed by atoms with Crippen molar-refractivity contribution in [3.05, 3.63) is 18.1 Å². The Hall–Kier alpha value is -1.62. The molecule has 112 valence electrons. The Kier molecular flexibility index (Phi) is 2.92. The van der Waals surface area contributed by atoms with Crippen LogP contribution in [0.4, 0.5) is 5.82 Å². The van der Waals surface area contributed by atoms with E-state index < -0.39 is 0 Å². The highest BCUT2D eigenvalue weighted by molar-refractivity contribution is 5.87. The molecular weight excluding hydrogens is 262 g/mol. The Labute approximate surface area is 125 Å². The number of fused-ring (bicyclic) bond motifs is 1. The average Bonchev–Trinajstić information content (AvgIpc) is 3.05. The Bertz CT molecular complexity index is 664. The van der Waals surface area contributed by atoms with Crippen LogP contribution >= 0.6 is 0 Å². The van der Waals surface area contributed by atoms with Crippen molar-refractivity contribution in [3.8, 4) is 0 Å². The number of H-pyrrole nitrogens is 1. The van der Waals surface area contributed by atoms with Gasteiger partial charge in [0.05, 0.1) is 5.39 Å². The van der Waals surface area contributed by atoms with E-state index in [0.717, 1.165) is 35.8 Å². The van der Waals surface area contributed by atoms with Gasteiger partial charge in [-0.15, -0.1) is 0 Å². The number of aromatic nitrogens is 3. The summed E-state index contributed by atoms with van der Waals surface area (Å²) in [5.74, 6) is 1.96. The number of likely N-dealkylation sites (tertiary alicyclic amines) is 1. The largest absolute Gasteiger partial charge is 0.355 e. The molecule has 0 aromatic carbocycles. The van der Waals surface area contributed by atoms with E-state index in [1.54, 1.807) is 0 Å². The van der Waals surface area contributed by atoms with E-state index in [2.05, 4.69) is 32.9 Å². The molecule has 1 unspecified atom stereocenters. The molecule has 21 heavy (non-hydrogen) atoms. The van der Waals surface area contributed by atoms with E-state index in [9.17, 15) is 0 Å². The Balaban J connectivity index is 1.66. The van der Waals surface area contributed by atoms with Crippen molar-refractivity contribution in [2.45, 2.75) is 26.2 Å². The topological polar surface area (TPSA) is 48.1 Å². The number of aryl methyl sites for hydroxylation is 1. The summed E-state index contributed by atoms with van der Waals surface area (Å²) in [5, 5.41) is 1.15. The zero-order chi connectivity index (χ0) is 14.4. The van der Waals surface area contributed by atoms with Gasteiger partial charge >= 0.3 is 0 Å². The third-order valence-electron chi connectivity index (χ3n) is 5.10. The summed E-state index contributed by atoms with van der Waals surface area (Å²) in [6.45, 7) is 6.70. The quantitative estimate of drug-likeness (QED) is 0.872. The molecule has 0 bridgehead atoms. The monoisotopic (exact) mass is 285 g/mol. The molecule has 2 fully saturated rings. The van der Waals surface area contributed by atoms with E-state index in [-0.39, 0.29) is 0 Å². The predicted octanol–water partition coefficient (Wildman–Crippen LogP) is 2.19. The highest BCUT2D eigenvalue weighted by Gasteiger charge is 2.41. The minimum Gasteiger partial charge on any atom is -0.355 e. The van der Waals surface area contributed by atoms with Gasteiger partial charge in [-0.05, 0) is 45.8 Å². The van der Waals surface area contributed by atoms with Gasteiger partial charge < -0.3 is 14.8 Å². The summed E-state index contributed by atoms with van der Waals surface area (Å²) in [5.41, 5.74) is 1.42. The van der Waals surface area contributed by atoms with E-state index in [1.165, 1.54) is 32.4 Å². The molecule has 1 atom stereocenters. The summed E-state index contributed by atoms with van der Waals surface area (Å²) < 4.78 is 0. The average molecular weight is 285 g/mol. The summed E-state index contributed by atoms with van der Waals surface area (Å²) in [4.78, 5) is 17.4. The smallest absolute Gasteiger partial charge is 0.143 e. The number of anilines is 1. The highest BCUT2D eigenvalue weighted by atomic mass is 15.2. The molecule has 1 spiro atoms. The van der Waals surface area contributed by atoms with Crippen LogP contribution in [0.5, 0.6) is 0 Å².